The number of hydrogen-bond acceptors (Lipinski definition) is 3. The number of nitrogens with zero attached hydrogens (tertiary/aromatic N) is 1. The zero-order valence-electron chi connectivity index (χ0n) is 16.3. The van der Waals surface area contributed by atoms with Crippen LogP contribution in [0.25, 0.3) is 0 Å². The molecule has 0 spiro atoms. The molecule has 0 saturated carbocycles. The van der Waals surface area contributed by atoms with Gasteiger partial charge in [0.2, 0.25) is 5.91 Å². The Kier molecular flexibility index (Phi) is 6.83. The van der Waals surface area contributed by atoms with Gasteiger partial charge >= 0.3 is 5.97 Å². The van der Waals surface area contributed by atoms with E-state index in [-0.39, 0.29) is 24.4 Å². The van der Waals surface area contributed by atoms with Gasteiger partial charge in [0, 0.05) is 22.5 Å². The maximum Gasteiger partial charge on any atom is 0.326 e. The SMILES string of the molecule is CC(C)NC(c1ccc(Cl)cc1)C(c1cccc(Cl)c1)N1C(=O)CCC1C(=O)O. The Morgan fingerprint density at radius 2 is 1.79 bits per heavy atom. The van der Waals surface area contributed by atoms with Gasteiger partial charge in [0.05, 0.1) is 12.1 Å². The van der Waals surface area contributed by atoms with Crippen molar-refractivity contribution in [3.8, 4) is 0 Å². The van der Waals surface area contributed by atoms with Crippen molar-refractivity contribution >= 4 is 35.1 Å². The third-order valence-electron chi connectivity index (χ3n) is 5.09. The van der Waals surface area contributed by atoms with Crippen LogP contribution in [-0.4, -0.2) is 34.0 Å². The molecule has 3 unspecified atom stereocenters. The highest BCUT2D eigenvalue weighted by molar-refractivity contribution is 6.30. The van der Waals surface area contributed by atoms with Crippen molar-refractivity contribution < 1.29 is 14.7 Å². The van der Waals surface area contributed by atoms with Crippen molar-refractivity contribution in [2.75, 3.05) is 0 Å². The first kappa shape index (κ1) is 21.6. The molecular formula is C22H24Cl2N2O3. The quantitative estimate of drug-likeness (QED) is 0.653. The van der Waals surface area contributed by atoms with Crippen LogP contribution >= 0.6 is 23.2 Å². The van der Waals surface area contributed by atoms with Gasteiger partial charge in [0.1, 0.15) is 6.04 Å². The Morgan fingerprint density at radius 3 is 2.38 bits per heavy atom. The second-order valence-electron chi connectivity index (χ2n) is 7.54. The lowest BCUT2D eigenvalue weighted by atomic mass is 9.90. The van der Waals surface area contributed by atoms with E-state index < -0.39 is 18.1 Å². The van der Waals surface area contributed by atoms with Crippen LogP contribution in [-0.2, 0) is 9.59 Å². The average molecular weight is 435 g/mol. The van der Waals surface area contributed by atoms with Crippen molar-refractivity contribution in [3.63, 3.8) is 0 Å². The topological polar surface area (TPSA) is 69.6 Å². The van der Waals surface area contributed by atoms with E-state index in [1.807, 2.05) is 38.1 Å². The molecular weight excluding hydrogens is 411 g/mol. The fourth-order valence-electron chi connectivity index (χ4n) is 3.90. The summed E-state index contributed by atoms with van der Waals surface area (Å²) in [6.45, 7) is 4.02. The van der Waals surface area contributed by atoms with E-state index in [0.717, 1.165) is 11.1 Å². The molecule has 29 heavy (non-hydrogen) atoms. The second-order valence-corrected chi connectivity index (χ2v) is 8.42. The summed E-state index contributed by atoms with van der Waals surface area (Å²) >= 11 is 12.3. The van der Waals surface area contributed by atoms with Crippen LogP contribution in [0.3, 0.4) is 0 Å². The van der Waals surface area contributed by atoms with Gasteiger partial charge in [-0.15, -0.1) is 0 Å². The lowest BCUT2D eigenvalue weighted by Crippen LogP contribution is -2.47. The van der Waals surface area contributed by atoms with Crippen LogP contribution in [0, 0.1) is 0 Å². The van der Waals surface area contributed by atoms with E-state index in [9.17, 15) is 14.7 Å². The molecule has 0 radical (unpaired) electrons. The fourth-order valence-corrected chi connectivity index (χ4v) is 4.22. The van der Waals surface area contributed by atoms with Crippen LogP contribution in [0.1, 0.15) is 49.9 Å². The maximum absolute atomic E-state index is 12.8. The molecule has 3 atom stereocenters. The second kappa shape index (κ2) is 9.16. The molecule has 7 heteroatoms. The lowest BCUT2D eigenvalue weighted by Gasteiger charge is -2.39. The van der Waals surface area contributed by atoms with E-state index in [4.69, 9.17) is 23.2 Å². The van der Waals surface area contributed by atoms with Gasteiger partial charge in [-0.1, -0.05) is 61.3 Å². The Balaban J connectivity index is 2.16. The minimum absolute atomic E-state index is 0.0957. The van der Waals surface area contributed by atoms with Crippen molar-refractivity contribution in [1.29, 1.82) is 0 Å². The number of nitrogens with one attached hydrogen (secondary N) is 1. The minimum Gasteiger partial charge on any atom is -0.480 e. The third-order valence-corrected chi connectivity index (χ3v) is 5.58. The van der Waals surface area contributed by atoms with Crippen molar-refractivity contribution in [1.82, 2.24) is 10.2 Å². The highest BCUT2D eigenvalue weighted by atomic mass is 35.5. The van der Waals surface area contributed by atoms with Crippen LogP contribution in [0.15, 0.2) is 48.5 Å². The number of rotatable bonds is 7. The fraction of sp³-hybridized carbons (Fsp3) is 0.364. The molecule has 2 aromatic carbocycles. The highest BCUT2D eigenvalue weighted by Gasteiger charge is 2.44. The molecule has 5 nitrogen and oxygen atoms in total. The summed E-state index contributed by atoms with van der Waals surface area (Å²) in [7, 11) is 0. The summed E-state index contributed by atoms with van der Waals surface area (Å²) in [4.78, 5) is 26.3. The smallest absolute Gasteiger partial charge is 0.326 e. The lowest BCUT2D eigenvalue weighted by molar-refractivity contribution is -0.148. The molecule has 0 aliphatic carbocycles. The average Bonchev–Trinajstić information content (AvgIpc) is 3.03. The van der Waals surface area contributed by atoms with Gasteiger partial charge in [-0.25, -0.2) is 4.79 Å². The first-order chi connectivity index (χ1) is 13.8. The van der Waals surface area contributed by atoms with Gasteiger partial charge in [-0.2, -0.15) is 0 Å². The third kappa shape index (κ3) is 4.92. The zero-order chi connectivity index (χ0) is 21.1. The van der Waals surface area contributed by atoms with Crippen LogP contribution in [0.5, 0.6) is 0 Å². The largest absolute Gasteiger partial charge is 0.480 e. The van der Waals surface area contributed by atoms with E-state index >= 15 is 0 Å². The molecule has 1 aliphatic rings. The number of amides is 1. The first-order valence-corrected chi connectivity index (χ1v) is 10.3. The number of benzene rings is 2. The van der Waals surface area contributed by atoms with Crippen molar-refractivity contribution in [2.24, 2.45) is 0 Å². The molecule has 3 rings (SSSR count). The van der Waals surface area contributed by atoms with Crippen molar-refractivity contribution in [2.45, 2.75) is 50.9 Å². The number of halogens is 2. The number of hydrogen-bond donors (Lipinski definition) is 2. The van der Waals surface area contributed by atoms with Gasteiger partial charge in [0.25, 0.3) is 0 Å². The number of carboxylic acid groups (broad SMARTS) is 1. The summed E-state index contributed by atoms with van der Waals surface area (Å²) in [5.74, 6) is -1.17. The normalized spacial score (nSPS) is 18.9. The molecule has 2 N–H and O–H groups in total. The monoisotopic (exact) mass is 434 g/mol. The van der Waals surface area contributed by atoms with Gasteiger partial charge in [0.15, 0.2) is 0 Å². The Labute approximate surface area is 180 Å². The summed E-state index contributed by atoms with van der Waals surface area (Å²) in [6, 6.07) is 13.0. The molecule has 2 aromatic rings. The standard InChI is InChI=1S/C22H24Cl2N2O3/c1-13(2)25-20(14-6-8-16(23)9-7-14)21(15-4-3-5-17(24)12-15)26-18(22(28)29)10-11-19(26)27/h3-9,12-13,18,20-21,25H,10-11H2,1-2H3,(H,28,29). The molecule has 0 aromatic heterocycles. The molecule has 1 saturated heterocycles. The molecule has 1 aliphatic heterocycles. The highest BCUT2D eigenvalue weighted by Crippen LogP contribution is 2.40. The molecule has 154 valence electrons. The Morgan fingerprint density at radius 1 is 1.10 bits per heavy atom. The number of carbonyl (C=O) groups excluding carboxylic acids is 1. The van der Waals surface area contributed by atoms with E-state index in [1.54, 1.807) is 24.3 Å². The Bertz CT molecular complexity index is 886. The van der Waals surface area contributed by atoms with E-state index in [2.05, 4.69) is 5.32 Å². The van der Waals surface area contributed by atoms with Crippen LogP contribution in [0.4, 0.5) is 0 Å². The molecule has 1 amide bonds. The molecule has 0 bridgehead atoms. The molecule has 1 fully saturated rings. The molecule has 1 heterocycles. The summed E-state index contributed by atoms with van der Waals surface area (Å²) in [5.41, 5.74) is 1.70. The van der Waals surface area contributed by atoms with E-state index in [1.165, 1.54) is 4.90 Å². The number of carbonyl (C=O) groups is 2. The predicted octanol–water partition coefficient (Wildman–Crippen LogP) is 4.85. The van der Waals surface area contributed by atoms with Gasteiger partial charge in [-0.05, 0) is 41.8 Å². The maximum atomic E-state index is 12.8. The number of aliphatic carboxylic acids is 1. The van der Waals surface area contributed by atoms with Gasteiger partial charge in [-0.3, -0.25) is 4.79 Å². The van der Waals surface area contributed by atoms with Crippen LogP contribution < -0.4 is 5.32 Å². The van der Waals surface area contributed by atoms with E-state index in [0.29, 0.717) is 16.5 Å². The van der Waals surface area contributed by atoms with Crippen LogP contribution in [0.2, 0.25) is 10.0 Å². The predicted molar refractivity (Wildman–Crippen MR) is 114 cm³/mol. The van der Waals surface area contributed by atoms with Crippen molar-refractivity contribution in [3.05, 3.63) is 69.7 Å². The zero-order valence-corrected chi connectivity index (χ0v) is 17.8. The first-order valence-electron chi connectivity index (χ1n) is 9.59. The number of likely N-dealkylation sites (tertiary alicyclic amines) is 1. The summed E-state index contributed by atoms with van der Waals surface area (Å²) in [5, 5.41) is 14.4. The number of carboxylic acids is 1. The summed E-state index contributed by atoms with van der Waals surface area (Å²) < 4.78 is 0. The minimum atomic E-state index is -0.998. The summed E-state index contributed by atoms with van der Waals surface area (Å²) in [6.07, 6.45) is 0.503. The van der Waals surface area contributed by atoms with Gasteiger partial charge < -0.3 is 15.3 Å². The Hall–Kier alpha value is -2.08.